The third kappa shape index (κ3) is 5.38. The van der Waals surface area contributed by atoms with E-state index in [1.165, 1.54) is 11.8 Å². The molecule has 0 bridgehead atoms. The number of thioether (sulfide) groups is 1. The van der Waals surface area contributed by atoms with Crippen molar-refractivity contribution in [1.29, 1.82) is 0 Å². The van der Waals surface area contributed by atoms with Gasteiger partial charge in [-0.1, -0.05) is 35.5 Å². The van der Waals surface area contributed by atoms with Crippen LogP contribution in [-0.4, -0.2) is 42.3 Å². The van der Waals surface area contributed by atoms with Crippen molar-refractivity contribution in [2.75, 3.05) is 20.3 Å². The first-order valence-electron chi connectivity index (χ1n) is 10.6. The van der Waals surface area contributed by atoms with Crippen molar-refractivity contribution >= 4 is 40.4 Å². The fraction of sp³-hybridized carbons (Fsp3) is 0.292. The lowest BCUT2D eigenvalue weighted by Crippen LogP contribution is -2.38. The van der Waals surface area contributed by atoms with Crippen molar-refractivity contribution in [2.45, 2.75) is 25.9 Å². The van der Waals surface area contributed by atoms with Gasteiger partial charge in [0.2, 0.25) is 5.91 Å². The second-order valence-electron chi connectivity index (χ2n) is 7.61. The molecule has 1 atom stereocenters. The smallest absolute Gasteiger partial charge is 0.338 e. The van der Waals surface area contributed by atoms with Crippen LogP contribution < -0.4 is 5.32 Å². The van der Waals surface area contributed by atoms with Crippen molar-refractivity contribution in [1.82, 2.24) is 10.2 Å². The second kappa shape index (κ2) is 10.9. The van der Waals surface area contributed by atoms with Gasteiger partial charge in [-0.05, 0) is 42.2 Å². The van der Waals surface area contributed by atoms with Crippen LogP contribution in [-0.2, 0) is 25.6 Å². The maximum absolute atomic E-state index is 13.1. The topological polar surface area (TPSA) is 93.4 Å². The van der Waals surface area contributed by atoms with E-state index in [9.17, 15) is 9.59 Å². The number of ether oxygens (including phenoxy) is 2. The van der Waals surface area contributed by atoms with Gasteiger partial charge in [0, 0.05) is 17.8 Å². The molecule has 0 spiro atoms. The molecule has 2 aliphatic heterocycles. The number of carbonyl (C=O) groups excluding carboxylic acids is 2. The number of rotatable bonds is 9. The molecule has 0 saturated heterocycles. The Kier molecular flexibility index (Phi) is 7.77. The largest absolute Gasteiger partial charge is 0.467 e. The summed E-state index contributed by atoms with van der Waals surface area (Å²) in [5.41, 5.74) is 2.54. The molecule has 4 rings (SSSR count). The van der Waals surface area contributed by atoms with Crippen LogP contribution in [0.1, 0.15) is 30.7 Å². The van der Waals surface area contributed by atoms with E-state index in [0.29, 0.717) is 40.4 Å². The number of hydrogen-bond acceptors (Lipinski definition) is 8. The summed E-state index contributed by atoms with van der Waals surface area (Å²) in [5, 5.41) is 6.03. The fourth-order valence-electron chi connectivity index (χ4n) is 3.71. The molecular weight excluding hydrogens is 478 g/mol. The lowest BCUT2D eigenvalue weighted by molar-refractivity contribution is -0.141. The number of methoxy groups -OCH3 is 1. The zero-order chi connectivity index (χ0) is 24.1. The molecule has 0 saturated carbocycles. The Balaban J connectivity index is 1.60. The quantitative estimate of drug-likeness (QED) is 0.402. The van der Waals surface area contributed by atoms with Crippen molar-refractivity contribution < 1.29 is 23.5 Å². The standard InChI is InChI=1S/C24H24ClN3O5S/c1-15-21(23(30)33-11-10-31-2)22(16-5-7-17(25)8-6-16)28-18(14-34-24(28)27-15)12-20(29)26-13-19-4-3-9-32-19/h3-9,14,22H,10-13H2,1-2H3,(H,26,29)/t22-/m1/s1. The first kappa shape index (κ1) is 24.1. The zero-order valence-corrected chi connectivity index (χ0v) is 20.3. The maximum atomic E-state index is 13.1. The van der Waals surface area contributed by atoms with Crippen LogP contribution in [0.3, 0.4) is 0 Å². The summed E-state index contributed by atoms with van der Waals surface area (Å²) < 4.78 is 15.7. The Labute approximate surface area is 206 Å². The van der Waals surface area contributed by atoms with Gasteiger partial charge in [0.25, 0.3) is 0 Å². The number of fused-ring (bicyclic) bond motifs is 1. The molecule has 0 unspecified atom stereocenters. The van der Waals surface area contributed by atoms with E-state index < -0.39 is 12.0 Å². The SMILES string of the molecule is COCCOC(=O)C1=C(C)N=C2SC=C(CC(=O)NCc3ccco3)N2[C@@H]1c1ccc(Cl)cc1. The highest BCUT2D eigenvalue weighted by atomic mass is 35.5. The van der Waals surface area contributed by atoms with E-state index in [1.807, 2.05) is 22.4 Å². The van der Waals surface area contributed by atoms with Gasteiger partial charge in [-0.2, -0.15) is 0 Å². The number of furan rings is 1. The lowest BCUT2D eigenvalue weighted by Gasteiger charge is -2.36. The number of amidine groups is 1. The van der Waals surface area contributed by atoms with Gasteiger partial charge >= 0.3 is 5.97 Å². The summed E-state index contributed by atoms with van der Waals surface area (Å²) >= 11 is 7.53. The van der Waals surface area contributed by atoms with E-state index in [1.54, 1.807) is 44.6 Å². The van der Waals surface area contributed by atoms with E-state index in [0.717, 1.165) is 11.3 Å². The van der Waals surface area contributed by atoms with Crippen LogP contribution in [0.2, 0.25) is 5.02 Å². The van der Waals surface area contributed by atoms with Gasteiger partial charge in [0.1, 0.15) is 12.4 Å². The van der Waals surface area contributed by atoms with E-state index in [4.69, 9.17) is 25.5 Å². The number of allylic oxidation sites excluding steroid dienone is 1. The minimum atomic E-state index is -0.515. The predicted molar refractivity (Wildman–Crippen MR) is 130 cm³/mol. The number of halogens is 1. The van der Waals surface area contributed by atoms with Crippen LogP contribution in [0, 0.1) is 0 Å². The summed E-state index contributed by atoms with van der Waals surface area (Å²) in [4.78, 5) is 32.4. The first-order chi connectivity index (χ1) is 16.5. The maximum Gasteiger partial charge on any atom is 0.338 e. The molecule has 0 radical (unpaired) electrons. The van der Waals surface area contributed by atoms with Gasteiger partial charge in [-0.15, -0.1) is 0 Å². The summed E-state index contributed by atoms with van der Waals surface area (Å²) in [6.45, 7) is 2.50. The highest BCUT2D eigenvalue weighted by Crippen LogP contribution is 2.44. The summed E-state index contributed by atoms with van der Waals surface area (Å²) in [5.74, 6) is 0.0210. The summed E-state index contributed by atoms with van der Waals surface area (Å²) in [7, 11) is 1.54. The number of esters is 1. The van der Waals surface area contributed by atoms with E-state index in [-0.39, 0.29) is 18.9 Å². The first-order valence-corrected chi connectivity index (χ1v) is 11.9. The Morgan fingerprint density at radius 1 is 1.24 bits per heavy atom. The molecule has 2 aromatic rings. The minimum Gasteiger partial charge on any atom is -0.467 e. The van der Waals surface area contributed by atoms with Crippen molar-refractivity contribution in [3.8, 4) is 0 Å². The van der Waals surface area contributed by atoms with Crippen LogP contribution in [0.25, 0.3) is 0 Å². The Hall–Kier alpha value is -3.01. The highest BCUT2D eigenvalue weighted by molar-refractivity contribution is 8.16. The summed E-state index contributed by atoms with van der Waals surface area (Å²) in [6, 6.07) is 10.3. The van der Waals surface area contributed by atoms with Crippen molar-refractivity contribution in [2.24, 2.45) is 4.99 Å². The molecule has 3 heterocycles. The third-order valence-electron chi connectivity index (χ3n) is 5.31. The Bertz CT molecular complexity index is 1140. The van der Waals surface area contributed by atoms with Gasteiger partial charge in [-0.25, -0.2) is 9.79 Å². The van der Waals surface area contributed by atoms with E-state index >= 15 is 0 Å². The van der Waals surface area contributed by atoms with Gasteiger partial charge in [-0.3, -0.25) is 4.79 Å². The number of benzene rings is 1. The molecule has 10 heteroatoms. The average molecular weight is 502 g/mol. The average Bonchev–Trinajstić information content (AvgIpc) is 3.48. The van der Waals surface area contributed by atoms with Crippen molar-refractivity contribution in [3.63, 3.8) is 0 Å². The number of hydrogen-bond donors (Lipinski definition) is 1. The third-order valence-corrected chi connectivity index (χ3v) is 6.45. The molecular formula is C24H24ClN3O5S. The molecule has 8 nitrogen and oxygen atoms in total. The molecule has 1 N–H and O–H groups in total. The monoisotopic (exact) mass is 501 g/mol. The Morgan fingerprint density at radius 2 is 2.03 bits per heavy atom. The van der Waals surface area contributed by atoms with Crippen LogP contribution in [0.4, 0.5) is 0 Å². The normalized spacial score (nSPS) is 17.3. The number of carbonyl (C=O) groups is 2. The molecule has 1 amide bonds. The molecule has 1 aromatic carbocycles. The van der Waals surface area contributed by atoms with E-state index in [2.05, 4.69) is 10.3 Å². The van der Waals surface area contributed by atoms with Crippen LogP contribution in [0.5, 0.6) is 0 Å². The van der Waals surface area contributed by atoms with Gasteiger partial charge in [0.05, 0.1) is 43.1 Å². The minimum absolute atomic E-state index is 0.113. The zero-order valence-electron chi connectivity index (χ0n) is 18.7. The molecule has 1 aromatic heterocycles. The number of nitrogens with one attached hydrogen (secondary N) is 1. The molecule has 0 fully saturated rings. The molecule has 2 aliphatic rings. The van der Waals surface area contributed by atoms with Crippen molar-refractivity contribution in [3.05, 3.63) is 81.4 Å². The lowest BCUT2D eigenvalue weighted by atomic mass is 9.94. The van der Waals surface area contributed by atoms with Gasteiger partial charge < -0.3 is 24.1 Å². The predicted octanol–water partition coefficient (Wildman–Crippen LogP) is 4.40. The molecule has 0 aliphatic carbocycles. The molecule has 178 valence electrons. The fourth-order valence-corrected chi connectivity index (χ4v) is 4.80. The summed E-state index contributed by atoms with van der Waals surface area (Å²) in [6.07, 6.45) is 1.68. The highest BCUT2D eigenvalue weighted by Gasteiger charge is 2.41. The second-order valence-corrected chi connectivity index (χ2v) is 8.88. The van der Waals surface area contributed by atoms with Crippen LogP contribution >= 0.6 is 23.4 Å². The Morgan fingerprint density at radius 3 is 2.74 bits per heavy atom. The number of aliphatic imine (C=N–C) groups is 1. The number of nitrogens with zero attached hydrogens (tertiary/aromatic N) is 2. The number of amides is 1. The van der Waals surface area contributed by atoms with Gasteiger partial charge in [0.15, 0.2) is 5.17 Å². The molecule has 34 heavy (non-hydrogen) atoms. The van der Waals surface area contributed by atoms with Crippen LogP contribution in [0.15, 0.2) is 74.4 Å².